The Bertz CT molecular complexity index is 213. The quantitative estimate of drug-likeness (QED) is 0.597. The zero-order valence-corrected chi connectivity index (χ0v) is 10.1. The topological polar surface area (TPSA) is 75.3 Å². The van der Waals surface area contributed by atoms with Gasteiger partial charge in [-0.2, -0.15) is 0 Å². The van der Waals surface area contributed by atoms with Crippen LogP contribution in [-0.4, -0.2) is 30.2 Å². The van der Waals surface area contributed by atoms with Crippen molar-refractivity contribution in [2.24, 2.45) is 17.6 Å². The van der Waals surface area contributed by atoms with Crippen LogP contribution in [0.4, 0.5) is 0 Å². The molecule has 1 saturated carbocycles. The van der Waals surface area contributed by atoms with Gasteiger partial charge in [-0.25, -0.2) is 0 Å². The van der Waals surface area contributed by atoms with Crippen molar-refractivity contribution in [2.45, 2.75) is 45.1 Å². The average Bonchev–Trinajstić information content (AvgIpc) is 2.26. The summed E-state index contributed by atoms with van der Waals surface area (Å²) in [6.07, 6.45) is 6.50. The predicted octanol–water partition coefficient (Wildman–Crippen LogP) is 1.20. The van der Waals surface area contributed by atoms with Crippen LogP contribution in [0.1, 0.15) is 39.0 Å². The molecule has 0 spiro atoms. The third-order valence-electron chi connectivity index (χ3n) is 3.55. The fourth-order valence-corrected chi connectivity index (χ4v) is 2.27. The van der Waals surface area contributed by atoms with Crippen molar-refractivity contribution in [2.75, 3.05) is 13.1 Å². The van der Waals surface area contributed by atoms with E-state index in [1.807, 2.05) is 0 Å². The first-order valence-corrected chi connectivity index (χ1v) is 6.28. The zero-order chi connectivity index (χ0) is 12.0. The number of carboxylic acid groups (broad SMARTS) is 1. The summed E-state index contributed by atoms with van der Waals surface area (Å²) in [5.74, 6) is 0.786. The number of carbonyl (C=O) groups is 1. The van der Waals surface area contributed by atoms with Gasteiger partial charge in [0, 0.05) is 6.54 Å². The van der Waals surface area contributed by atoms with Crippen molar-refractivity contribution < 1.29 is 9.90 Å². The third kappa shape index (κ3) is 4.94. The van der Waals surface area contributed by atoms with Crippen LogP contribution < -0.4 is 11.1 Å². The number of aliphatic carboxylic acids is 1. The molecule has 94 valence electrons. The molecule has 4 heteroatoms. The van der Waals surface area contributed by atoms with Crippen LogP contribution in [0.3, 0.4) is 0 Å². The Balaban J connectivity index is 2.01. The number of hydrogen-bond acceptors (Lipinski definition) is 3. The van der Waals surface area contributed by atoms with E-state index in [0.717, 1.165) is 24.8 Å². The van der Waals surface area contributed by atoms with Crippen LogP contribution in [0.2, 0.25) is 0 Å². The van der Waals surface area contributed by atoms with Gasteiger partial charge < -0.3 is 16.2 Å². The van der Waals surface area contributed by atoms with Crippen LogP contribution in [0.25, 0.3) is 0 Å². The second kappa shape index (κ2) is 6.86. The van der Waals surface area contributed by atoms with Gasteiger partial charge in [-0.15, -0.1) is 0 Å². The van der Waals surface area contributed by atoms with Gasteiger partial charge in [0.2, 0.25) is 0 Å². The molecule has 0 aliphatic heterocycles. The minimum atomic E-state index is -0.931. The van der Waals surface area contributed by atoms with Crippen molar-refractivity contribution in [1.29, 1.82) is 0 Å². The van der Waals surface area contributed by atoms with Gasteiger partial charge in [0.05, 0.1) is 0 Å². The molecule has 0 saturated heterocycles. The normalized spacial score (nSPS) is 27.6. The Kier molecular flexibility index (Phi) is 5.77. The third-order valence-corrected chi connectivity index (χ3v) is 3.55. The summed E-state index contributed by atoms with van der Waals surface area (Å²) < 4.78 is 0. The fourth-order valence-electron chi connectivity index (χ4n) is 2.27. The molecule has 1 atom stereocenters. The molecule has 0 aromatic rings. The van der Waals surface area contributed by atoms with Crippen LogP contribution >= 0.6 is 0 Å². The van der Waals surface area contributed by atoms with Gasteiger partial charge in [0.1, 0.15) is 6.04 Å². The molecule has 1 rings (SSSR count). The monoisotopic (exact) mass is 228 g/mol. The minimum Gasteiger partial charge on any atom is -0.480 e. The molecule has 0 bridgehead atoms. The largest absolute Gasteiger partial charge is 0.480 e. The Morgan fingerprint density at radius 2 is 2.06 bits per heavy atom. The lowest BCUT2D eigenvalue weighted by Crippen LogP contribution is -2.40. The smallest absolute Gasteiger partial charge is 0.321 e. The molecule has 0 aromatic carbocycles. The van der Waals surface area contributed by atoms with Gasteiger partial charge in [-0.05, 0) is 24.8 Å². The van der Waals surface area contributed by atoms with Crippen LogP contribution in [0.5, 0.6) is 0 Å². The van der Waals surface area contributed by atoms with E-state index in [9.17, 15) is 4.79 Å². The average molecular weight is 228 g/mol. The summed E-state index contributed by atoms with van der Waals surface area (Å²) >= 11 is 0. The van der Waals surface area contributed by atoms with E-state index in [0.29, 0.717) is 6.54 Å². The predicted molar refractivity (Wildman–Crippen MR) is 64.2 cm³/mol. The number of hydrogen-bond donors (Lipinski definition) is 3. The molecule has 1 unspecified atom stereocenters. The van der Waals surface area contributed by atoms with Gasteiger partial charge in [0.25, 0.3) is 0 Å². The fraction of sp³-hybridized carbons (Fsp3) is 0.917. The second-order valence-corrected chi connectivity index (χ2v) is 5.06. The van der Waals surface area contributed by atoms with Crippen molar-refractivity contribution >= 4 is 5.97 Å². The lowest BCUT2D eigenvalue weighted by atomic mass is 9.81. The lowest BCUT2D eigenvalue weighted by molar-refractivity contribution is -0.138. The maximum Gasteiger partial charge on any atom is 0.321 e. The first kappa shape index (κ1) is 13.5. The van der Waals surface area contributed by atoms with Crippen LogP contribution in [0, 0.1) is 11.8 Å². The molecule has 4 nitrogen and oxygen atoms in total. The highest BCUT2D eigenvalue weighted by molar-refractivity contribution is 5.73. The van der Waals surface area contributed by atoms with Crippen molar-refractivity contribution in [3.05, 3.63) is 0 Å². The molecule has 1 aliphatic rings. The lowest BCUT2D eigenvalue weighted by Gasteiger charge is -2.26. The van der Waals surface area contributed by atoms with E-state index >= 15 is 0 Å². The SMILES string of the molecule is CC1CCC(CCNCC(N)C(=O)O)CC1. The van der Waals surface area contributed by atoms with E-state index in [1.54, 1.807) is 0 Å². The van der Waals surface area contributed by atoms with E-state index < -0.39 is 12.0 Å². The van der Waals surface area contributed by atoms with E-state index in [-0.39, 0.29) is 0 Å². The molecule has 4 N–H and O–H groups in total. The standard InChI is InChI=1S/C12H24N2O2/c1-9-2-4-10(5-3-9)6-7-14-8-11(13)12(15)16/h9-11,14H,2-8,13H2,1H3,(H,15,16). The van der Waals surface area contributed by atoms with Gasteiger partial charge in [-0.1, -0.05) is 32.6 Å². The second-order valence-electron chi connectivity index (χ2n) is 5.06. The first-order valence-electron chi connectivity index (χ1n) is 6.28. The Hall–Kier alpha value is -0.610. The van der Waals surface area contributed by atoms with E-state index in [2.05, 4.69) is 12.2 Å². The summed E-state index contributed by atoms with van der Waals surface area (Å²) in [4.78, 5) is 10.5. The molecule has 16 heavy (non-hydrogen) atoms. The molecular formula is C12H24N2O2. The molecule has 0 aromatic heterocycles. The summed E-state index contributed by atoms with van der Waals surface area (Å²) in [6, 6.07) is -0.772. The first-order chi connectivity index (χ1) is 7.59. The Morgan fingerprint density at radius 1 is 1.44 bits per heavy atom. The number of nitrogens with two attached hydrogens (primary N) is 1. The highest BCUT2D eigenvalue weighted by Gasteiger charge is 2.17. The van der Waals surface area contributed by atoms with Gasteiger partial charge >= 0.3 is 5.97 Å². The number of carboxylic acids is 1. The highest BCUT2D eigenvalue weighted by atomic mass is 16.4. The molecule has 0 amide bonds. The molecule has 0 radical (unpaired) electrons. The summed E-state index contributed by atoms with van der Waals surface area (Å²) in [5, 5.41) is 11.7. The minimum absolute atomic E-state index is 0.373. The Morgan fingerprint density at radius 3 is 2.62 bits per heavy atom. The number of nitrogens with one attached hydrogen (secondary N) is 1. The van der Waals surface area contributed by atoms with E-state index in [1.165, 1.54) is 25.7 Å². The molecular weight excluding hydrogens is 204 g/mol. The van der Waals surface area contributed by atoms with Crippen molar-refractivity contribution in [1.82, 2.24) is 5.32 Å². The maximum atomic E-state index is 10.5. The Labute approximate surface area is 97.6 Å². The van der Waals surface area contributed by atoms with Gasteiger partial charge in [-0.3, -0.25) is 4.79 Å². The van der Waals surface area contributed by atoms with Crippen molar-refractivity contribution in [3.63, 3.8) is 0 Å². The maximum absolute atomic E-state index is 10.5. The van der Waals surface area contributed by atoms with Crippen LogP contribution in [-0.2, 0) is 4.79 Å². The molecule has 1 aliphatic carbocycles. The number of rotatable bonds is 6. The molecule has 0 heterocycles. The van der Waals surface area contributed by atoms with Gasteiger partial charge in [0.15, 0.2) is 0 Å². The summed E-state index contributed by atoms with van der Waals surface area (Å²) in [5.41, 5.74) is 5.39. The summed E-state index contributed by atoms with van der Waals surface area (Å²) in [6.45, 7) is 3.58. The summed E-state index contributed by atoms with van der Waals surface area (Å²) in [7, 11) is 0. The molecule has 1 fully saturated rings. The van der Waals surface area contributed by atoms with Crippen LogP contribution in [0.15, 0.2) is 0 Å². The van der Waals surface area contributed by atoms with E-state index in [4.69, 9.17) is 10.8 Å². The van der Waals surface area contributed by atoms with Crippen molar-refractivity contribution in [3.8, 4) is 0 Å². The highest BCUT2D eigenvalue weighted by Crippen LogP contribution is 2.29. The zero-order valence-electron chi connectivity index (χ0n) is 10.1.